The molecule has 16 heavy (non-hydrogen) atoms. The predicted octanol–water partition coefficient (Wildman–Crippen LogP) is 2.22. The third kappa shape index (κ3) is 1.83. The number of hydrogen-bond acceptors (Lipinski definition) is 4. The van der Waals surface area contributed by atoms with E-state index in [-0.39, 0.29) is 5.75 Å². The van der Waals surface area contributed by atoms with Crippen molar-refractivity contribution in [1.82, 2.24) is 0 Å². The van der Waals surface area contributed by atoms with Crippen molar-refractivity contribution in [2.24, 2.45) is 5.16 Å². The molecule has 0 spiro atoms. The quantitative estimate of drug-likeness (QED) is 0.740. The number of oxime groups is 1. The number of phenolic OH excluding ortho intramolecular Hbond substituents is 1. The Labute approximate surface area is 94.5 Å². The fourth-order valence-electron chi connectivity index (χ4n) is 1.85. The van der Waals surface area contributed by atoms with Crippen molar-refractivity contribution >= 4 is 5.71 Å². The van der Waals surface area contributed by atoms with Gasteiger partial charge in [0.25, 0.3) is 0 Å². The maximum Gasteiger partial charge on any atom is 0.135 e. The van der Waals surface area contributed by atoms with Crippen molar-refractivity contribution in [3.63, 3.8) is 0 Å². The number of hydrogen-bond donors (Lipinski definition) is 1. The first-order valence-corrected chi connectivity index (χ1v) is 5.30. The summed E-state index contributed by atoms with van der Waals surface area (Å²) in [6.07, 6.45) is 1.72. The Morgan fingerprint density at radius 2 is 2.25 bits per heavy atom. The van der Waals surface area contributed by atoms with Crippen LogP contribution in [0.4, 0.5) is 0 Å². The second-order valence-electron chi connectivity index (χ2n) is 3.76. The molecule has 4 heteroatoms. The third-order valence-electron chi connectivity index (χ3n) is 2.69. The molecule has 2 rings (SSSR count). The molecule has 1 aliphatic heterocycles. The van der Waals surface area contributed by atoms with Gasteiger partial charge in [-0.05, 0) is 31.9 Å². The average Bonchev–Trinajstić information content (AvgIpc) is 2.48. The van der Waals surface area contributed by atoms with E-state index in [1.54, 1.807) is 6.07 Å². The minimum absolute atomic E-state index is 0.248. The molecule has 0 aromatic heterocycles. The summed E-state index contributed by atoms with van der Waals surface area (Å²) in [6, 6.07) is 3.48. The highest BCUT2D eigenvalue weighted by Gasteiger charge is 2.19. The molecule has 0 saturated carbocycles. The molecule has 0 unspecified atom stereocenters. The molecular formula is C12H15NO3. The van der Waals surface area contributed by atoms with E-state index in [1.165, 1.54) is 7.11 Å². The Kier molecular flexibility index (Phi) is 2.99. The van der Waals surface area contributed by atoms with Crippen LogP contribution >= 0.6 is 0 Å². The lowest BCUT2D eigenvalue weighted by molar-refractivity contribution is 0.213. The van der Waals surface area contributed by atoms with Crippen molar-refractivity contribution in [2.45, 2.75) is 19.8 Å². The molecule has 4 nitrogen and oxygen atoms in total. The highest BCUT2D eigenvalue weighted by molar-refractivity contribution is 6.03. The number of nitrogens with zero attached hydrogens (tertiary/aromatic N) is 1. The number of rotatable bonds is 1. The van der Waals surface area contributed by atoms with Crippen LogP contribution in [-0.4, -0.2) is 24.5 Å². The van der Waals surface area contributed by atoms with Gasteiger partial charge in [-0.2, -0.15) is 0 Å². The molecule has 1 heterocycles. The molecule has 1 aromatic carbocycles. The maximum absolute atomic E-state index is 9.63. The van der Waals surface area contributed by atoms with Gasteiger partial charge in [0.1, 0.15) is 18.6 Å². The normalized spacial score (nSPS) is 17.5. The van der Waals surface area contributed by atoms with E-state index >= 15 is 0 Å². The van der Waals surface area contributed by atoms with Crippen LogP contribution in [0.3, 0.4) is 0 Å². The molecule has 0 aliphatic carbocycles. The van der Waals surface area contributed by atoms with Gasteiger partial charge in [0.2, 0.25) is 0 Å². The minimum Gasteiger partial charge on any atom is -0.508 e. The molecule has 0 radical (unpaired) electrons. The van der Waals surface area contributed by atoms with Gasteiger partial charge in [-0.1, -0.05) is 5.16 Å². The van der Waals surface area contributed by atoms with Crippen LogP contribution in [-0.2, 0) is 4.84 Å². The third-order valence-corrected chi connectivity index (χ3v) is 2.69. The maximum atomic E-state index is 9.63. The van der Waals surface area contributed by atoms with Gasteiger partial charge in [-0.15, -0.1) is 0 Å². The topological polar surface area (TPSA) is 51.0 Å². The molecule has 0 bridgehead atoms. The zero-order valence-corrected chi connectivity index (χ0v) is 9.49. The zero-order chi connectivity index (χ0) is 11.5. The van der Waals surface area contributed by atoms with E-state index in [2.05, 4.69) is 5.16 Å². The van der Waals surface area contributed by atoms with Gasteiger partial charge in [0.05, 0.1) is 12.3 Å². The van der Waals surface area contributed by atoms with Crippen LogP contribution in [0.15, 0.2) is 17.3 Å². The van der Waals surface area contributed by atoms with Crippen LogP contribution in [0.25, 0.3) is 0 Å². The van der Waals surface area contributed by atoms with Gasteiger partial charge in [-0.25, -0.2) is 0 Å². The number of ether oxygens (including phenoxy) is 1. The molecule has 0 atom stereocenters. The van der Waals surface area contributed by atoms with Crippen LogP contribution in [0.1, 0.15) is 24.0 Å². The van der Waals surface area contributed by atoms with Crippen molar-refractivity contribution < 1.29 is 14.7 Å². The Hall–Kier alpha value is -1.71. The fourth-order valence-corrected chi connectivity index (χ4v) is 1.85. The lowest BCUT2D eigenvalue weighted by Crippen LogP contribution is -2.01. The number of fused-ring (bicyclic) bond motifs is 1. The summed E-state index contributed by atoms with van der Waals surface area (Å²) in [7, 11) is 1.53. The summed E-state index contributed by atoms with van der Waals surface area (Å²) in [5.41, 5.74) is 2.54. The largest absolute Gasteiger partial charge is 0.508 e. The van der Waals surface area contributed by atoms with E-state index in [1.807, 2.05) is 13.0 Å². The lowest BCUT2D eigenvalue weighted by Gasteiger charge is -2.11. The Bertz CT molecular complexity index is 427. The van der Waals surface area contributed by atoms with E-state index in [0.29, 0.717) is 12.4 Å². The van der Waals surface area contributed by atoms with Crippen LogP contribution in [0.2, 0.25) is 0 Å². The van der Waals surface area contributed by atoms with Crippen molar-refractivity contribution in [1.29, 1.82) is 0 Å². The number of aromatic hydroxyl groups is 1. The summed E-state index contributed by atoms with van der Waals surface area (Å²) in [6.45, 7) is 2.48. The minimum atomic E-state index is 0.248. The molecule has 1 N–H and O–H groups in total. The average molecular weight is 221 g/mol. The van der Waals surface area contributed by atoms with Gasteiger partial charge < -0.3 is 14.7 Å². The SMILES string of the molecule is CON=C1CCCOc2c1ccc(O)c2C. The second-order valence-corrected chi connectivity index (χ2v) is 3.76. The summed E-state index contributed by atoms with van der Waals surface area (Å²) < 4.78 is 5.64. The predicted molar refractivity (Wildman–Crippen MR) is 61.1 cm³/mol. The van der Waals surface area contributed by atoms with Gasteiger partial charge >= 0.3 is 0 Å². The Morgan fingerprint density at radius 3 is 3.00 bits per heavy atom. The van der Waals surface area contributed by atoms with Crippen LogP contribution < -0.4 is 4.74 Å². The van der Waals surface area contributed by atoms with E-state index in [4.69, 9.17) is 9.57 Å². The first kappa shape index (κ1) is 10.8. The highest BCUT2D eigenvalue weighted by atomic mass is 16.6. The van der Waals surface area contributed by atoms with Gasteiger partial charge in [-0.3, -0.25) is 0 Å². The van der Waals surface area contributed by atoms with Crippen molar-refractivity contribution in [3.05, 3.63) is 23.3 Å². The van der Waals surface area contributed by atoms with Crippen LogP contribution in [0.5, 0.6) is 11.5 Å². The molecule has 1 aliphatic rings. The lowest BCUT2D eigenvalue weighted by atomic mass is 10.0. The first-order valence-electron chi connectivity index (χ1n) is 5.30. The highest BCUT2D eigenvalue weighted by Crippen LogP contribution is 2.33. The van der Waals surface area contributed by atoms with E-state index in [0.717, 1.165) is 29.7 Å². The second kappa shape index (κ2) is 4.43. The summed E-state index contributed by atoms with van der Waals surface area (Å²) >= 11 is 0. The Balaban J connectivity index is 2.55. The van der Waals surface area contributed by atoms with Gasteiger partial charge in [0.15, 0.2) is 0 Å². The molecule has 1 aromatic rings. The standard InChI is InChI=1S/C12H15NO3/c1-8-11(14)6-5-9-10(13-15-2)4-3-7-16-12(8)9/h5-6,14H,3-4,7H2,1-2H3. The summed E-state index contributed by atoms with van der Waals surface area (Å²) in [4.78, 5) is 4.83. The first-order chi connectivity index (χ1) is 7.74. The number of benzene rings is 1. The molecule has 86 valence electrons. The van der Waals surface area contributed by atoms with E-state index in [9.17, 15) is 5.11 Å². The summed E-state index contributed by atoms with van der Waals surface area (Å²) in [5.74, 6) is 0.964. The number of phenols is 1. The Morgan fingerprint density at radius 1 is 1.44 bits per heavy atom. The molecular weight excluding hydrogens is 206 g/mol. The van der Waals surface area contributed by atoms with Crippen molar-refractivity contribution in [2.75, 3.05) is 13.7 Å². The van der Waals surface area contributed by atoms with Gasteiger partial charge in [0, 0.05) is 11.1 Å². The molecule has 0 amide bonds. The molecule has 0 fully saturated rings. The summed E-state index contributed by atoms with van der Waals surface area (Å²) in [5, 5.41) is 13.6. The van der Waals surface area contributed by atoms with Crippen molar-refractivity contribution in [3.8, 4) is 11.5 Å². The monoisotopic (exact) mass is 221 g/mol. The van der Waals surface area contributed by atoms with Crippen LogP contribution in [0, 0.1) is 6.92 Å². The van der Waals surface area contributed by atoms with E-state index < -0.39 is 0 Å². The zero-order valence-electron chi connectivity index (χ0n) is 9.49. The fraction of sp³-hybridized carbons (Fsp3) is 0.417. The smallest absolute Gasteiger partial charge is 0.135 e. The molecule has 0 saturated heterocycles.